The monoisotopic (exact) mass is 509 g/mol. The van der Waals surface area contributed by atoms with Gasteiger partial charge in [0.1, 0.15) is 11.9 Å². The third-order valence-electron chi connectivity index (χ3n) is 9.10. The molecule has 0 spiro atoms. The first-order chi connectivity index (χ1) is 18.5. The number of carboxylic acid groups (broad SMARTS) is 1. The van der Waals surface area contributed by atoms with Gasteiger partial charge in [0.15, 0.2) is 0 Å². The molecule has 2 N–H and O–H groups in total. The molecule has 0 saturated heterocycles. The van der Waals surface area contributed by atoms with Crippen LogP contribution in [0, 0.1) is 11.8 Å². The number of benzene rings is 3. The van der Waals surface area contributed by atoms with Gasteiger partial charge in [0.05, 0.1) is 6.42 Å². The van der Waals surface area contributed by atoms with Gasteiger partial charge in [0.2, 0.25) is 0 Å². The fraction of sp³-hybridized carbons (Fsp3) is 0.394. The van der Waals surface area contributed by atoms with Crippen molar-refractivity contribution in [3.05, 3.63) is 101 Å². The molecule has 4 unspecified atom stereocenters. The van der Waals surface area contributed by atoms with Crippen LogP contribution in [0.5, 0.6) is 5.75 Å². The molecule has 1 amide bonds. The maximum Gasteiger partial charge on any atom is 0.305 e. The number of aliphatic carboxylic acids is 1. The van der Waals surface area contributed by atoms with Crippen LogP contribution in [0.4, 0.5) is 0 Å². The molecule has 3 aliphatic carbocycles. The summed E-state index contributed by atoms with van der Waals surface area (Å²) in [6.45, 7) is 0.129. The molecule has 3 aromatic carbocycles. The minimum atomic E-state index is -0.918. The zero-order valence-electron chi connectivity index (χ0n) is 21.7. The Morgan fingerprint density at radius 2 is 1.66 bits per heavy atom. The number of carboxylic acids is 1. The highest BCUT2D eigenvalue weighted by atomic mass is 16.5. The number of rotatable bonds is 8. The van der Waals surface area contributed by atoms with E-state index in [9.17, 15) is 9.59 Å². The quantitative estimate of drug-likeness (QED) is 0.366. The van der Waals surface area contributed by atoms with E-state index in [0.717, 1.165) is 37.4 Å². The Balaban J connectivity index is 1.23. The summed E-state index contributed by atoms with van der Waals surface area (Å²) in [5.74, 6) is 1.11. The van der Waals surface area contributed by atoms with Crippen molar-refractivity contribution < 1.29 is 19.4 Å². The largest absolute Gasteiger partial charge is 0.486 e. The van der Waals surface area contributed by atoms with Crippen LogP contribution in [-0.4, -0.2) is 23.5 Å². The lowest BCUT2D eigenvalue weighted by atomic mass is 9.64. The topological polar surface area (TPSA) is 75.6 Å². The molecule has 3 aliphatic rings. The summed E-state index contributed by atoms with van der Waals surface area (Å²) in [6.07, 6.45) is 8.29. The fourth-order valence-electron chi connectivity index (χ4n) is 7.33. The maximum absolute atomic E-state index is 12.5. The number of carbonyl (C=O) groups excluding carboxylic acids is 1. The molecule has 38 heavy (non-hydrogen) atoms. The zero-order valence-corrected chi connectivity index (χ0v) is 21.7. The smallest absolute Gasteiger partial charge is 0.305 e. The van der Waals surface area contributed by atoms with E-state index in [4.69, 9.17) is 9.84 Å². The molecule has 0 aliphatic heterocycles. The van der Waals surface area contributed by atoms with Crippen LogP contribution in [0.15, 0.2) is 72.8 Å². The van der Waals surface area contributed by atoms with Gasteiger partial charge in [-0.3, -0.25) is 9.59 Å². The number of aryl methyl sites for hydroxylation is 1. The number of amides is 1. The number of hydrogen-bond acceptors (Lipinski definition) is 3. The Bertz CT molecular complexity index is 1320. The van der Waals surface area contributed by atoms with Gasteiger partial charge in [-0.2, -0.15) is 0 Å². The molecule has 4 atom stereocenters. The second-order valence-corrected chi connectivity index (χ2v) is 11.3. The number of nitrogens with one attached hydrogen (secondary N) is 1. The summed E-state index contributed by atoms with van der Waals surface area (Å²) in [7, 11) is 0. The van der Waals surface area contributed by atoms with E-state index in [2.05, 4.69) is 66.0 Å². The average molecular weight is 510 g/mol. The second-order valence-electron chi connectivity index (χ2n) is 11.3. The molecule has 5 nitrogen and oxygen atoms in total. The van der Waals surface area contributed by atoms with E-state index in [1.165, 1.54) is 41.5 Å². The summed E-state index contributed by atoms with van der Waals surface area (Å²) in [5, 5.41) is 11.5. The summed E-state index contributed by atoms with van der Waals surface area (Å²) < 4.78 is 6.51. The molecule has 196 valence electrons. The molecule has 0 radical (unpaired) electrons. The minimum absolute atomic E-state index is 0.0444. The standard InChI is InChI=1S/C33H35NO4/c35-31(36)18-19-34-32(37)24-9-12-25(13-10-24)33(21-22-8-11-27(33)20-22)26-14-16-28(17-15-26)38-30-7-3-5-23-4-1-2-6-29(23)30/h1-2,4,6,9-10,12-17,22,27,30H,3,5,7-8,11,18-21H2,(H,34,37)(H,35,36). The third-order valence-corrected chi connectivity index (χ3v) is 9.10. The van der Waals surface area contributed by atoms with E-state index in [1.807, 2.05) is 12.1 Å². The van der Waals surface area contributed by atoms with E-state index in [-0.39, 0.29) is 30.4 Å². The van der Waals surface area contributed by atoms with Gasteiger partial charge in [0, 0.05) is 17.5 Å². The lowest BCUT2D eigenvalue weighted by molar-refractivity contribution is -0.136. The first kappa shape index (κ1) is 24.7. The lowest BCUT2D eigenvalue weighted by Gasteiger charge is -2.39. The summed E-state index contributed by atoms with van der Waals surface area (Å²) in [6, 6.07) is 25.4. The predicted molar refractivity (Wildman–Crippen MR) is 146 cm³/mol. The van der Waals surface area contributed by atoms with Crippen molar-refractivity contribution in [3.63, 3.8) is 0 Å². The average Bonchev–Trinajstić information content (AvgIpc) is 3.56. The lowest BCUT2D eigenvalue weighted by Crippen LogP contribution is -2.34. The number of carbonyl (C=O) groups is 2. The Morgan fingerprint density at radius 1 is 0.921 bits per heavy atom. The Hall–Kier alpha value is -3.60. The van der Waals surface area contributed by atoms with Gasteiger partial charge in [0.25, 0.3) is 5.91 Å². The fourth-order valence-corrected chi connectivity index (χ4v) is 7.33. The van der Waals surface area contributed by atoms with Crippen LogP contribution < -0.4 is 10.1 Å². The van der Waals surface area contributed by atoms with Crippen LogP contribution in [-0.2, 0) is 16.6 Å². The molecular weight excluding hydrogens is 474 g/mol. The molecule has 2 fully saturated rings. The molecule has 0 heterocycles. The molecule has 3 aromatic rings. The number of ether oxygens (including phenoxy) is 1. The van der Waals surface area contributed by atoms with Crippen LogP contribution in [0.1, 0.15) is 83.7 Å². The van der Waals surface area contributed by atoms with Gasteiger partial charge >= 0.3 is 5.97 Å². The summed E-state index contributed by atoms with van der Waals surface area (Å²) in [5.41, 5.74) is 5.84. The number of hydrogen-bond donors (Lipinski definition) is 2. The van der Waals surface area contributed by atoms with Gasteiger partial charge in [-0.25, -0.2) is 0 Å². The minimum Gasteiger partial charge on any atom is -0.486 e. The van der Waals surface area contributed by atoms with Gasteiger partial charge in [-0.05, 0) is 96.9 Å². The van der Waals surface area contributed by atoms with Crippen molar-refractivity contribution in [2.24, 2.45) is 11.8 Å². The first-order valence-electron chi connectivity index (χ1n) is 14.0. The maximum atomic E-state index is 12.5. The Morgan fingerprint density at radius 3 is 2.34 bits per heavy atom. The van der Waals surface area contributed by atoms with Gasteiger partial charge in [-0.1, -0.05) is 55.0 Å². The Kier molecular flexibility index (Phi) is 6.69. The van der Waals surface area contributed by atoms with Crippen molar-refractivity contribution >= 4 is 11.9 Å². The summed E-state index contributed by atoms with van der Waals surface area (Å²) in [4.78, 5) is 23.2. The van der Waals surface area contributed by atoms with Gasteiger partial charge < -0.3 is 15.2 Å². The van der Waals surface area contributed by atoms with Crippen LogP contribution in [0.3, 0.4) is 0 Å². The highest BCUT2D eigenvalue weighted by Gasteiger charge is 2.52. The van der Waals surface area contributed by atoms with E-state index < -0.39 is 5.97 Å². The molecule has 5 heteroatoms. The SMILES string of the molecule is O=C(O)CCNC(=O)c1ccc(C2(c3ccc(OC4CCCc5ccccc54)cc3)CC3CCC2C3)cc1. The van der Waals surface area contributed by atoms with Crippen molar-refractivity contribution in [1.82, 2.24) is 5.32 Å². The van der Waals surface area contributed by atoms with E-state index in [0.29, 0.717) is 11.5 Å². The third kappa shape index (κ3) is 4.59. The van der Waals surface area contributed by atoms with Crippen molar-refractivity contribution in [2.45, 2.75) is 62.9 Å². The second kappa shape index (κ2) is 10.3. The normalized spacial score (nSPS) is 25.5. The summed E-state index contributed by atoms with van der Waals surface area (Å²) >= 11 is 0. The number of fused-ring (bicyclic) bond motifs is 3. The predicted octanol–water partition coefficient (Wildman–Crippen LogP) is 6.45. The van der Waals surface area contributed by atoms with Crippen LogP contribution in [0.2, 0.25) is 0 Å². The van der Waals surface area contributed by atoms with Crippen LogP contribution in [0.25, 0.3) is 0 Å². The molecule has 2 bridgehead atoms. The molecule has 0 aromatic heterocycles. The molecule has 2 saturated carbocycles. The molecular formula is C33H35NO4. The van der Waals surface area contributed by atoms with Crippen molar-refractivity contribution in [1.29, 1.82) is 0 Å². The highest BCUT2D eigenvalue weighted by Crippen LogP contribution is 2.60. The first-order valence-corrected chi connectivity index (χ1v) is 14.0. The van der Waals surface area contributed by atoms with Crippen molar-refractivity contribution in [2.75, 3.05) is 6.54 Å². The van der Waals surface area contributed by atoms with E-state index >= 15 is 0 Å². The van der Waals surface area contributed by atoms with Gasteiger partial charge in [-0.15, -0.1) is 0 Å². The van der Waals surface area contributed by atoms with Crippen molar-refractivity contribution in [3.8, 4) is 5.75 Å². The Labute approximate surface area is 224 Å². The van der Waals surface area contributed by atoms with Crippen LogP contribution >= 0.6 is 0 Å². The highest BCUT2D eigenvalue weighted by molar-refractivity contribution is 5.94. The van der Waals surface area contributed by atoms with E-state index in [1.54, 1.807) is 0 Å². The zero-order chi connectivity index (χ0) is 26.1. The molecule has 6 rings (SSSR count).